The minimum absolute atomic E-state index is 0.647. The van der Waals surface area contributed by atoms with Crippen molar-refractivity contribution in [1.82, 2.24) is 9.97 Å². The van der Waals surface area contributed by atoms with Crippen molar-refractivity contribution in [3.05, 3.63) is 127 Å². The topological polar surface area (TPSA) is 42.2 Å². The Labute approximate surface area is 250 Å². The smallest absolute Gasteiger partial charge is 0.235 e. The third-order valence-corrected chi connectivity index (χ3v) is 9.79. The number of furan rings is 1. The highest BCUT2D eigenvalue weighted by Crippen LogP contribution is 2.51. The molecule has 0 N–H and O–H groups in total. The maximum absolute atomic E-state index is 6.53. The van der Waals surface area contributed by atoms with E-state index in [2.05, 4.69) is 120 Å². The summed E-state index contributed by atoms with van der Waals surface area (Å²) in [6.07, 6.45) is 0. The summed E-state index contributed by atoms with van der Waals surface area (Å²) in [4.78, 5) is 13.0. The number of hydrogen-bond donors (Lipinski definition) is 0. The van der Waals surface area contributed by atoms with Crippen molar-refractivity contribution in [2.75, 3.05) is 4.90 Å². The van der Waals surface area contributed by atoms with E-state index in [0.717, 1.165) is 60.2 Å². The van der Waals surface area contributed by atoms with Gasteiger partial charge in [0.25, 0.3) is 0 Å². The average molecular weight is 568 g/mol. The number of anilines is 3. The lowest BCUT2D eigenvalue weighted by Gasteiger charge is -2.32. The van der Waals surface area contributed by atoms with Crippen molar-refractivity contribution in [3.8, 4) is 22.4 Å². The number of benzene rings is 6. The zero-order chi connectivity index (χ0) is 28.1. The van der Waals surface area contributed by atoms with Crippen LogP contribution in [0, 0.1) is 0 Å². The Bertz CT molecular complexity index is 2590. The monoisotopic (exact) mass is 567 g/mol. The van der Waals surface area contributed by atoms with Crippen molar-refractivity contribution >= 4 is 81.7 Å². The molecule has 0 saturated heterocycles. The van der Waals surface area contributed by atoms with Crippen LogP contribution in [0.3, 0.4) is 0 Å². The molecular formula is C38H21N3OS. The normalized spacial score (nSPS) is 12.6. The first-order valence-electron chi connectivity index (χ1n) is 14.3. The van der Waals surface area contributed by atoms with E-state index in [1.54, 1.807) is 11.3 Å². The zero-order valence-electron chi connectivity index (χ0n) is 22.8. The predicted molar refractivity (Wildman–Crippen MR) is 179 cm³/mol. The van der Waals surface area contributed by atoms with Gasteiger partial charge in [0.1, 0.15) is 11.2 Å². The number of hydrogen-bond acceptors (Lipinski definition) is 5. The Morgan fingerprint density at radius 3 is 2.21 bits per heavy atom. The van der Waals surface area contributed by atoms with Gasteiger partial charge >= 0.3 is 0 Å². The minimum atomic E-state index is 0.647. The highest BCUT2D eigenvalue weighted by atomic mass is 32.1. The number of para-hydroxylation sites is 3. The van der Waals surface area contributed by atoms with Gasteiger partial charge in [0.15, 0.2) is 0 Å². The molecule has 10 rings (SSSR count). The Morgan fingerprint density at radius 1 is 0.558 bits per heavy atom. The number of thiophene rings is 1. The lowest BCUT2D eigenvalue weighted by molar-refractivity contribution is 0.670. The van der Waals surface area contributed by atoms with Crippen LogP contribution >= 0.6 is 11.3 Å². The van der Waals surface area contributed by atoms with Crippen LogP contribution in [-0.2, 0) is 0 Å². The molecule has 0 unspecified atom stereocenters. The highest BCUT2D eigenvalue weighted by molar-refractivity contribution is 7.26. The molecule has 6 aromatic carbocycles. The van der Waals surface area contributed by atoms with Crippen LogP contribution in [-0.4, -0.2) is 9.97 Å². The molecule has 1 aliphatic rings. The standard InChI is InChI=1S/C38H21N3OS/c1-4-18-29-23(12-1)25-15-7-10-22-11-8-19-30(33(22)25)41(29)38-39-34-27-14-3-6-21-32(27)43-37(34)35(40-38)28-17-9-16-26-24-13-2-5-20-31(24)42-36(26)28/h1-21H. The predicted octanol–water partition coefficient (Wildman–Crippen LogP) is 11.0. The first kappa shape index (κ1) is 23.1. The van der Waals surface area contributed by atoms with Gasteiger partial charge in [0.05, 0.1) is 27.3 Å². The van der Waals surface area contributed by atoms with Crippen molar-refractivity contribution in [3.63, 3.8) is 0 Å². The summed E-state index contributed by atoms with van der Waals surface area (Å²) in [5, 5.41) is 5.74. The van der Waals surface area contributed by atoms with E-state index < -0.39 is 0 Å². The third-order valence-electron chi connectivity index (χ3n) is 8.63. The third kappa shape index (κ3) is 3.14. The van der Waals surface area contributed by atoms with Crippen LogP contribution in [0.4, 0.5) is 17.3 Å². The molecular weight excluding hydrogens is 547 g/mol. The SMILES string of the molecule is c1ccc2c(c1)-c1cccc3cccc(c13)N2c1nc(-c2cccc3c2oc2ccccc23)c2sc3ccccc3c2n1. The summed E-state index contributed by atoms with van der Waals surface area (Å²) < 4.78 is 8.77. The van der Waals surface area contributed by atoms with Crippen LogP contribution in [0.25, 0.3) is 75.4 Å². The van der Waals surface area contributed by atoms with Crippen molar-refractivity contribution in [2.24, 2.45) is 0 Å². The maximum Gasteiger partial charge on any atom is 0.235 e. The van der Waals surface area contributed by atoms with E-state index in [1.165, 1.54) is 26.6 Å². The molecule has 3 aromatic heterocycles. The second-order valence-corrected chi connectivity index (χ2v) is 12.0. The van der Waals surface area contributed by atoms with Gasteiger partial charge in [-0.25, -0.2) is 9.97 Å². The highest BCUT2D eigenvalue weighted by Gasteiger charge is 2.29. The average Bonchev–Trinajstić information content (AvgIpc) is 3.63. The first-order chi connectivity index (χ1) is 21.3. The van der Waals surface area contributed by atoms with E-state index >= 15 is 0 Å². The summed E-state index contributed by atoms with van der Waals surface area (Å²) in [5.74, 6) is 0.647. The molecule has 0 bridgehead atoms. The van der Waals surface area contributed by atoms with Gasteiger partial charge in [-0.05, 0) is 41.3 Å². The Kier molecular flexibility index (Phi) is 4.57. The van der Waals surface area contributed by atoms with E-state index in [1.807, 2.05) is 12.1 Å². The van der Waals surface area contributed by atoms with Crippen molar-refractivity contribution < 1.29 is 4.42 Å². The fourth-order valence-corrected chi connectivity index (χ4v) is 7.91. The molecule has 4 heterocycles. The Balaban J connectivity index is 1.34. The molecule has 0 saturated carbocycles. The van der Waals surface area contributed by atoms with Gasteiger partial charge in [0, 0.05) is 37.4 Å². The first-order valence-corrected chi connectivity index (χ1v) is 15.2. The van der Waals surface area contributed by atoms with Gasteiger partial charge in [-0.2, -0.15) is 0 Å². The summed E-state index contributed by atoms with van der Waals surface area (Å²) in [6, 6.07) is 44.7. The molecule has 4 nitrogen and oxygen atoms in total. The second-order valence-electron chi connectivity index (χ2n) is 11.0. The van der Waals surface area contributed by atoms with Gasteiger partial charge in [-0.15, -0.1) is 11.3 Å². The van der Waals surface area contributed by atoms with E-state index in [-0.39, 0.29) is 0 Å². The fourth-order valence-electron chi connectivity index (χ4n) is 6.77. The molecule has 0 radical (unpaired) electrons. The van der Waals surface area contributed by atoms with Crippen molar-refractivity contribution in [2.45, 2.75) is 0 Å². The van der Waals surface area contributed by atoms with Crippen molar-refractivity contribution in [1.29, 1.82) is 0 Å². The van der Waals surface area contributed by atoms with Gasteiger partial charge in [0.2, 0.25) is 5.95 Å². The molecule has 0 spiro atoms. The Hall–Kier alpha value is -5.52. The molecule has 0 aliphatic carbocycles. The summed E-state index contributed by atoms with van der Waals surface area (Å²) in [7, 11) is 0. The zero-order valence-corrected chi connectivity index (χ0v) is 23.6. The van der Waals surface area contributed by atoms with Crippen LogP contribution < -0.4 is 4.90 Å². The number of fused-ring (bicyclic) bond motifs is 8. The van der Waals surface area contributed by atoms with Gasteiger partial charge in [-0.1, -0.05) is 97.1 Å². The maximum atomic E-state index is 6.53. The van der Waals surface area contributed by atoms with E-state index in [0.29, 0.717) is 5.95 Å². The summed E-state index contributed by atoms with van der Waals surface area (Å²) >= 11 is 1.74. The Morgan fingerprint density at radius 2 is 1.26 bits per heavy atom. The van der Waals surface area contributed by atoms with E-state index in [4.69, 9.17) is 14.4 Å². The summed E-state index contributed by atoms with van der Waals surface area (Å²) in [5.41, 5.74) is 9.09. The number of rotatable bonds is 2. The molecule has 200 valence electrons. The lowest BCUT2D eigenvalue weighted by atomic mass is 9.91. The summed E-state index contributed by atoms with van der Waals surface area (Å²) in [6.45, 7) is 0. The largest absolute Gasteiger partial charge is 0.455 e. The molecule has 9 aromatic rings. The number of aromatic nitrogens is 2. The molecule has 43 heavy (non-hydrogen) atoms. The minimum Gasteiger partial charge on any atom is -0.455 e. The molecule has 0 amide bonds. The van der Waals surface area contributed by atoms with Gasteiger partial charge < -0.3 is 4.42 Å². The second kappa shape index (κ2) is 8.51. The van der Waals surface area contributed by atoms with E-state index in [9.17, 15) is 0 Å². The van der Waals surface area contributed by atoms with Crippen LogP contribution in [0.15, 0.2) is 132 Å². The van der Waals surface area contributed by atoms with Crippen LogP contribution in [0.2, 0.25) is 0 Å². The molecule has 5 heteroatoms. The van der Waals surface area contributed by atoms with Crippen LogP contribution in [0.1, 0.15) is 0 Å². The quantitative estimate of drug-likeness (QED) is 0.208. The molecule has 0 atom stereocenters. The molecule has 0 fully saturated rings. The number of nitrogens with zero attached hydrogens (tertiary/aromatic N) is 3. The molecule has 1 aliphatic heterocycles. The lowest BCUT2D eigenvalue weighted by Crippen LogP contribution is -2.17. The van der Waals surface area contributed by atoms with Crippen LogP contribution in [0.5, 0.6) is 0 Å². The van der Waals surface area contributed by atoms with Gasteiger partial charge in [-0.3, -0.25) is 4.90 Å². The fraction of sp³-hybridized carbons (Fsp3) is 0.